The van der Waals surface area contributed by atoms with E-state index < -0.39 is 0 Å². The van der Waals surface area contributed by atoms with Crippen LogP contribution in [0.4, 0.5) is 11.4 Å². The van der Waals surface area contributed by atoms with Crippen LogP contribution < -0.4 is 5.32 Å². The molecule has 0 amide bonds. The van der Waals surface area contributed by atoms with E-state index in [2.05, 4.69) is 59.9 Å². The van der Waals surface area contributed by atoms with Crippen LogP contribution >= 0.6 is 0 Å². The van der Waals surface area contributed by atoms with Gasteiger partial charge in [0.05, 0.1) is 0 Å². The van der Waals surface area contributed by atoms with Gasteiger partial charge in [-0.05, 0) is 35.7 Å². The SMILES string of the molecule is Oc1ccccc1.c1ccc(Nc2cccc3ccccc23)cc1. The van der Waals surface area contributed by atoms with E-state index in [1.165, 1.54) is 10.8 Å². The van der Waals surface area contributed by atoms with Crippen LogP contribution in [0.3, 0.4) is 0 Å². The lowest BCUT2D eigenvalue weighted by molar-refractivity contribution is 0.475. The monoisotopic (exact) mass is 313 g/mol. The van der Waals surface area contributed by atoms with Crippen LogP contribution in [0.25, 0.3) is 10.8 Å². The number of hydrogen-bond acceptors (Lipinski definition) is 2. The summed E-state index contributed by atoms with van der Waals surface area (Å²) < 4.78 is 0. The number of nitrogens with one attached hydrogen (secondary N) is 1. The average molecular weight is 313 g/mol. The minimum atomic E-state index is 0.322. The van der Waals surface area contributed by atoms with Crippen molar-refractivity contribution in [1.29, 1.82) is 0 Å². The minimum Gasteiger partial charge on any atom is -0.508 e. The van der Waals surface area contributed by atoms with Gasteiger partial charge in [0.1, 0.15) is 5.75 Å². The number of hydrogen-bond donors (Lipinski definition) is 2. The van der Waals surface area contributed by atoms with E-state index in [0.717, 1.165) is 11.4 Å². The van der Waals surface area contributed by atoms with Crippen molar-refractivity contribution in [2.24, 2.45) is 0 Å². The van der Waals surface area contributed by atoms with E-state index >= 15 is 0 Å². The Morgan fingerprint density at radius 2 is 1.12 bits per heavy atom. The van der Waals surface area contributed by atoms with E-state index in [1.807, 2.05) is 24.3 Å². The van der Waals surface area contributed by atoms with E-state index in [1.54, 1.807) is 24.3 Å². The standard InChI is InChI=1S/C16H13N.C6H6O/c1-2-9-14(10-3-1)17-16-12-6-8-13-7-4-5-11-15(13)16;7-6-4-2-1-3-5-6/h1-12,17H;1-5,7H. The van der Waals surface area contributed by atoms with Crippen molar-refractivity contribution in [3.05, 3.63) is 103 Å². The van der Waals surface area contributed by atoms with Gasteiger partial charge < -0.3 is 10.4 Å². The summed E-state index contributed by atoms with van der Waals surface area (Å²) in [6.45, 7) is 0. The molecule has 0 fully saturated rings. The summed E-state index contributed by atoms with van der Waals surface area (Å²) in [5.41, 5.74) is 2.26. The summed E-state index contributed by atoms with van der Waals surface area (Å²) in [4.78, 5) is 0. The molecule has 2 nitrogen and oxygen atoms in total. The predicted molar refractivity (Wildman–Crippen MR) is 102 cm³/mol. The molecule has 0 aliphatic carbocycles. The molecule has 2 N–H and O–H groups in total. The molecule has 0 aromatic heterocycles. The third-order valence-corrected chi connectivity index (χ3v) is 3.60. The number of phenolic OH excluding ortho intramolecular Hbond substituents is 1. The minimum absolute atomic E-state index is 0.322. The van der Waals surface area contributed by atoms with Crippen molar-refractivity contribution in [2.75, 3.05) is 5.32 Å². The summed E-state index contributed by atoms with van der Waals surface area (Å²) in [5.74, 6) is 0.322. The first-order valence-corrected chi connectivity index (χ1v) is 7.87. The fraction of sp³-hybridized carbons (Fsp3) is 0. The van der Waals surface area contributed by atoms with Crippen LogP contribution in [0.1, 0.15) is 0 Å². The maximum atomic E-state index is 8.63. The van der Waals surface area contributed by atoms with Crippen molar-refractivity contribution in [1.82, 2.24) is 0 Å². The molecule has 4 aromatic carbocycles. The van der Waals surface area contributed by atoms with Crippen molar-refractivity contribution >= 4 is 22.1 Å². The Labute approximate surface area is 142 Å². The van der Waals surface area contributed by atoms with Gasteiger partial charge >= 0.3 is 0 Å². The van der Waals surface area contributed by atoms with E-state index in [4.69, 9.17) is 5.11 Å². The van der Waals surface area contributed by atoms with Crippen LogP contribution in [0.5, 0.6) is 5.75 Å². The summed E-state index contributed by atoms with van der Waals surface area (Å²) >= 11 is 0. The zero-order valence-electron chi connectivity index (χ0n) is 13.3. The number of phenols is 1. The second-order valence-corrected chi connectivity index (χ2v) is 5.35. The molecule has 0 atom stereocenters. The maximum Gasteiger partial charge on any atom is 0.115 e. The second kappa shape index (κ2) is 7.84. The molecule has 0 bridgehead atoms. The van der Waals surface area contributed by atoms with Crippen molar-refractivity contribution in [3.8, 4) is 5.75 Å². The highest BCUT2D eigenvalue weighted by Crippen LogP contribution is 2.25. The first-order chi connectivity index (χ1) is 11.8. The van der Waals surface area contributed by atoms with Crippen LogP contribution in [-0.2, 0) is 0 Å². The lowest BCUT2D eigenvalue weighted by atomic mass is 10.1. The Kier molecular flexibility index (Phi) is 5.10. The van der Waals surface area contributed by atoms with Gasteiger partial charge in [-0.25, -0.2) is 0 Å². The highest BCUT2D eigenvalue weighted by Gasteiger charge is 1.99. The smallest absolute Gasteiger partial charge is 0.115 e. The highest BCUT2D eigenvalue weighted by atomic mass is 16.3. The lowest BCUT2D eigenvalue weighted by Crippen LogP contribution is -1.90. The molecule has 0 unspecified atom stereocenters. The normalized spacial score (nSPS) is 9.83. The van der Waals surface area contributed by atoms with Gasteiger partial charge in [0.25, 0.3) is 0 Å². The number of anilines is 2. The van der Waals surface area contributed by atoms with Gasteiger partial charge in [-0.15, -0.1) is 0 Å². The van der Waals surface area contributed by atoms with Gasteiger partial charge in [-0.3, -0.25) is 0 Å². The van der Waals surface area contributed by atoms with Crippen molar-refractivity contribution < 1.29 is 5.11 Å². The molecule has 24 heavy (non-hydrogen) atoms. The van der Waals surface area contributed by atoms with Gasteiger partial charge in [0.2, 0.25) is 0 Å². The molecule has 4 rings (SSSR count). The molecule has 0 saturated heterocycles. The summed E-state index contributed by atoms with van der Waals surface area (Å²) in [6, 6.07) is 33.7. The van der Waals surface area contributed by atoms with Gasteiger partial charge in [-0.2, -0.15) is 0 Å². The zero-order chi connectivity index (χ0) is 16.6. The third kappa shape index (κ3) is 4.14. The second-order valence-electron chi connectivity index (χ2n) is 5.35. The van der Waals surface area contributed by atoms with E-state index in [-0.39, 0.29) is 0 Å². The Morgan fingerprint density at radius 3 is 1.79 bits per heavy atom. The molecule has 0 aliphatic heterocycles. The maximum absolute atomic E-state index is 8.63. The Morgan fingerprint density at radius 1 is 0.542 bits per heavy atom. The molecular weight excluding hydrogens is 294 g/mol. The summed E-state index contributed by atoms with van der Waals surface area (Å²) in [6.07, 6.45) is 0. The molecule has 0 aliphatic rings. The lowest BCUT2D eigenvalue weighted by Gasteiger charge is -2.09. The predicted octanol–water partition coefficient (Wildman–Crippen LogP) is 5.98. The van der Waals surface area contributed by atoms with E-state index in [0.29, 0.717) is 5.75 Å². The average Bonchev–Trinajstić information content (AvgIpc) is 2.64. The largest absolute Gasteiger partial charge is 0.508 e. The van der Waals surface area contributed by atoms with Crippen LogP contribution in [0.15, 0.2) is 103 Å². The zero-order valence-corrected chi connectivity index (χ0v) is 13.3. The molecule has 4 aromatic rings. The molecule has 118 valence electrons. The van der Waals surface area contributed by atoms with Crippen LogP contribution in [0.2, 0.25) is 0 Å². The van der Waals surface area contributed by atoms with Crippen molar-refractivity contribution in [3.63, 3.8) is 0 Å². The summed E-state index contributed by atoms with van der Waals surface area (Å²) in [7, 11) is 0. The first-order valence-electron chi connectivity index (χ1n) is 7.87. The third-order valence-electron chi connectivity index (χ3n) is 3.60. The molecule has 0 radical (unpaired) electrons. The molecule has 0 spiro atoms. The summed E-state index contributed by atoms with van der Waals surface area (Å²) in [5, 5.41) is 14.6. The van der Waals surface area contributed by atoms with Crippen LogP contribution in [-0.4, -0.2) is 5.11 Å². The number of para-hydroxylation sites is 2. The molecule has 2 heteroatoms. The fourth-order valence-corrected chi connectivity index (χ4v) is 2.44. The molecule has 0 heterocycles. The quantitative estimate of drug-likeness (QED) is 0.477. The number of aromatic hydroxyl groups is 1. The number of rotatable bonds is 2. The number of benzene rings is 4. The fourth-order valence-electron chi connectivity index (χ4n) is 2.44. The Balaban J connectivity index is 0.000000203. The molecular formula is C22H19NO. The Bertz CT molecular complexity index is 884. The van der Waals surface area contributed by atoms with Gasteiger partial charge in [-0.1, -0.05) is 72.8 Å². The first kappa shape index (κ1) is 15.6. The number of fused-ring (bicyclic) bond motifs is 1. The molecule has 0 saturated carbocycles. The van der Waals surface area contributed by atoms with Crippen molar-refractivity contribution in [2.45, 2.75) is 0 Å². The van der Waals surface area contributed by atoms with E-state index in [9.17, 15) is 0 Å². The Hall–Kier alpha value is -3.26. The van der Waals surface area contributed by atoms with Gasteiger partial charge in [0, 0.05) is 16.8 Å². The van der Waals surface area contributed by atoms with Crippen LogP contribution in [0, 0.1) is 0 Å². The highest BCUT2D eigenvalue weighted by molar-refractivity contribution is 5.95. The topological polar surface area (TPSA) is 32.3 Å². The van der Waals surface area contributed by atoms with Gasteiger partial charge in [0.15, 0.2) is 0 Å².